The van der Waals surface area contributed by atoms with E-state index in [1.165, 1.54) is 6.07 Å². The highest BCUT2D eigenvalue weighted by Gasteiger charge is 2.15. The maximum Gasteiger partial charge on any atom is 0.146 e. The van der Waals surface area contributed by atoms with Gasteiger partial charge in [0.05, 0.1) is 11.8 Å². The Balaban J connectivity index is 3.14. The first-order valence-electron chi connectivity index (χ1n) is 5.25. The molecule has 0 spiro atoms. The van der Waals surface area contributed by atoms with Crippen molar-refractivity contribution < 1.29 is 9.50 Å². The minimum Gasteiger partial charge on any atom is -0.389 e. The van der Waals surface area contributed by atoms with Crippen molar-refractivity contribution in [1.29, 1.82) is 0 Å². The zero-order valence-corrected chi connectivity index (χ0v) is 10.00. The van der Waals surface area contributed by atoms with Crippen LogP contribution >= 0.6 is 0 Å². The second kappa shape index (κ2) is 5.12. The molecule has 0 saturated heterocycles. The number of hydrogen-bond acceptors (Lipinski definition) is 2. The lowest BCUT2D eigenvalue weighted by atomic mass is 10.1. The number of nitrogens with zero attached hydrogens (tertiary/aromatic N) is 1. The van der Waals surface area contributed by atoms with Gasteiger partial charge in [-0.2, -0.15) is 0 Å². The van der Waals surface area contributed by atoms with Crippen LogP contribution in [0.1, 0.15) is 25.5 Å². The number of anilines is 1. The van der Waals surface area contributed by atoms with Gasteiger partial charge in [0.1, 0.15) is 5.82 Å². The van der Waals surface area contributed by atoms with Crippen LogP contribution in [0.25, 0.3) is 0 Å². The van der Waals surface area contributed by atoms with E-state index in [-0.39, 0.29) is 5.82 Å². The van der Waals surface area contributed by atoms with Crippen LogP contribution in [-0.4, -0.2) is 18.7 Å². The van der Waals surface area contributed by atoms with E-state index in [2.05, 4.69) is 6.58 Å². The minimum atomic E-state index is -0.682. The van der Waals surface area contributed by atoms with Gasteiger partial charge in [-0.1, -0.05) is 24.3 Å². The average Bonchev–Trinajstić information content (AvgIpc) is 2.15. The van der Waals surface area contributed by atoms with E-state index < -0.39 is 6.10 Å². The van der Waals surface area contributed by atoms with Crippen molar-refractivity contribution in [3.63, 3.8) is 0 Å². The quantitative estimate of drug-likeness (QED) is 0.793. The molecule has 0 amide bonds. The number of para-hydroxylation sites is 1. The van der Waals surface area contributed by atoms with E-state index in [1.54, 1.807) is 31.0 Å². The molecule has 0 aromatic heterocycles. The monoisotopic (exact) mass is 223 g/mol. The van der Waals surface area contributed by atoms with Crippen LogP contribution in [0.4, 0.5) is 10.1 Å². The number of aliphatic hydroxyl groups is 1. The SMILES string of the molecule is C=C(C)CN(C)c1c(F)cccc1[C@@H](C)O. The summed E-state index contributed by atoms with van der Waals surface area (Å²) in [6.07, 6.45) is -0.682. The van der Waals surface area contributed by atoms with E-state index in [0.29, 0.717) is 17.8 Å². The number of benzene rings is 1. The van der Waals surface area contributed by atoms with Crippen LogP contribution in [0.2, 0.25) is 0 Å². The normalized spacial score (nSPS) is 12.3. The van der Waals surface area contributed by atoms with Gasteiger partial charge in [0, 0.05) is 19.2 Å². The summed E-state index contributed by atoms with van der Waals surface area (Å²) in [4.78, 5) is 1.76. The number of hydrogen-bond donors (Lipinski definition) is 1. The molecule has 1 aromatic carbocycles. The molecule has 1 rings (SSSR count). The first kappa shape index (κ1) is 12.7. The molecule has 0 unspecified atom stereocenters. The molecule has 0 aliphatic carbocycles. The lowest BCUT2D eigenvalue weighted by molar-refractivity contribution is 0.199. The van der Waals surface area contributed by atoms with Crippen LogP contribution in [0.5, 0.6) is 0 Å². The lowest BCUT2D eigenvalue weighted by Crippen LogP contribution is -2.22. The van der Waals surface area contributed by atoms with E-state index in [4.69, 9.17) is 0 Å². The molecule has 0 fully saturated rings. The van der Waals surface area contributed by atoms with Gasteiger partial charge in [-0.3, -0.25) is 0 Å². The number of aliphatic hydroxyl groups excluding tert-OH is 1. The Hall–Kier alpha value is -1.35. The molecule has 0 aliphatic heterocycles. The number of likely N-dealkylation sites (N-methyl/N-ethyl adjacent to an activating group) is 1. The second-order valence-electron chi connectivity index (χ2n) is 4.17. The predicted octanol–water partition coefficient (Wildman–Crippen LogP) is 2.89. The van der Waals surface area contributed by atoms with Crippen LogP contribution in [-0.2, 0) is 0 Å². The largest absolute Gasteiger partial charge is 0.389 e. The maximum atomic E-state index is 13.7. The van der Waals surface area contributed by atoms with Crippen LogP contribution in [0, 0.1) is 5.82 Å². The molecule has 0 radical (unpaired) electrons. The van der Waals surface area contributed by atoms with Gasteiger partial charge in [0.2, 0.25) is 0 Å². The van der Waals surface area contributed by atoms with Crippen molar-refractivity contribution in [1.82, 2.24) is 0 Å². The van der Waals surface area contributed by atoms with Gasteiger partial charge in [-0.25, -0.2) is 4.39 Å². The molecule has 0 aliphatic rings. The van der Waals surface area contributed by atoms with E-state index in [1.807, 2.05) is 6.92 Å². The summed E-state index contributed by atoms with van der Waals surface area (Å²) in [5, 5.41) is 9.60. The minimum absolute atomic E-state index is 0.317. The van der Waals surface area contributed by atoms with Gasteiger partial charge in [0.15, 0.2) is 0 Å². The maximum absolute atomic E-state index is 13.7. The van der Waals surface area contributed by atoms with Gasteiger partial charge >= 0.3 is 0 Å². The molecule has 88 valence electrons. The van der Waals surface area contributed by atoms with Gasteiger partial charge < -0.3 is 10.0 Å². The van der Waals surface area contributed by atoms with Gasteiger partial charge in [-0.15, -0.1) is 0 Å². The Morgan fingerprint density at radius 2 is 2.19 bits per heavy atom. The smallest absolute Gasteiger partial charge is 0.146 e. The summed E-state index contributed by atoms with van der Waals surface area (Å²) in [5.74, 6) is -0.317. The van der Waals surface area contributed by atoms with Gasteiger partial charge in [-0.05, 0) is 19.9 Å². The third-order valence-electron chi connectivity index (χ3n) is 2.36. The molecular formula is C13H18FNO. The molecule has 0 bridgehead atoms. The molecule has 1 N–H and O–H groups in total. The third-order valence-corrected chi connectivity index (χ3v) is 2.36. The third kappa shape index (κ3) is 2.83. The van der Waals surface area contributed by atoms with Crippen molar-refractivity contribution in [2.45, 2.75) is 20.0 Å². The van der Waals surface area contributed by atoms with Crippen molar-refractivity contribution in [2.75, 3.05) is 18.5 Å². The summed E-state index contributed by atoms with van der Waals surface area (Å²) in [7, 11) is 1.79. The first-order chi connectivity index (χ1) is 7.43. The molecule has 0 heterocycles. The Bertz CT molecular complexity index is 388. The fourth-order valence-corrected chi connectivity index (χ4v) is 1.76. The summed E-state index contributed by atoms with van der Waals surface area (Å²) in [6, 6.07) is 4.74. The van der Waals surface area contributed by atoms with Crippen LogP contribution < -0.4 is 4.90 Å². The molecular weight excluding hydrogens is 205 g/mol. The Labute approximate surface area is 96.0 Å². The summed E-state index contributed by atoms with van der Waals surface area (Å²) in [5.41, 5.74) is 1.99. The van der Waals surface area contributed by atoms with Crippen molar-refractivity contribution in [2.24, 2.45) is 0 Å². The van der Waals surface area contributed by atoms with Crippen molar-refractivity contribution in [3.8, 4) is 0 Å². The zero-order valence-electron chi connectivity index (χ0n) is 10.00. The van der Waals surface area contributed by atoms with Gasteiger partial charge in [0.25, 0.3) is 0 Å². The van der Waals surface area contributed by atoms with Crippen LogP contribution in [0.15, 0.2) is 30.4 Å². The molecule has 2 nitrogen and oxygen atoms in total. The summed E-state index contributed by atoms with van der Waals surface area (Å²) in [6.45, 7) is 7.89. The zero-order chi connectivity index (χ0) is 12.3. The average molecular weight is 223 g/mol. The molecule has 1 atom stereocenters. The molecule has 1 aromatic rings. The standard InChI is InChI=1S/C13H18FNO/c1-9(2)8-15(4)13-11(10(3)16)6-5-7-12(13)14/h5-7,10,16H,1,8H2,2-4H3/t10-/m1/s1. The highest BCUT2D eigenvalue weighted by Crippen LogP contribution is 2.28. The highest BCUT2D eigenvalue weighted by molar-refractivity contribution is 5.55. The topological polar surface area (TPSA) is 23.5 Å². The lowest BCUT2D eigenvalue weighted by Gasteiger charge is -2.24. The fourth-order valence-electron chi connectivity index (χ4n) is 1.76. The highest BCUT2D eigenvalue weighted by atomic mass is 19.1. The Morgan fingerprint density at radius 3 is 2.69 bits per heavy atom. The second-order valence-corrected chi connectivity index (χ2v) is 4.17. The molecule has 16 heavy (non-hydrogen) atoms. The summed E-state index contributed by atoms with van der Waals surface area (Å²) < 4.78 is 13.7. The number of rotatable bonds is 4. The van der Waals surface area contributed by atoms with Crippen molar-refractivity contribution >= 4 is 5.69 Å². The molecule has 0 saturated carbocycles. The Morgan fingerprint density at radius 1 is 1.56 bits per heavy atom. The van der Waals surface area contributed by atoms with Crippen LogP contribution in [0.3, 0.4) is 0 Å². The number of halogens is 1. The predicted molar refractivity (Wildman–Crippen MR) is 65.1 cm³/mol. The van der Waals surface area contributed by atoms with E-state index in [0.717, 1.165) is 5.57 Å². The fraction of sp³-hybridized carbons (Fsp3) is 0.385. The molecule has 3 heteroatoms. The van der Waals surface area contributed by atoms with E-state index >= 15 is 0 Å². The summed E-state index contributed by atoms with van der Waals surface area (Å²) >= 11 is 0. The van der Waals surface area contributed by atoms with Crippen molar-refractivity contribution in [3.05, 3.63) is 41.7 Å². The first-order valence-corrected chi connectivity index (χ1v) is 5.25. The Kier molecular flexibility index (Phi) is 4.07. The van der Waals surface area contributed by atoms with E-state index in [9.17, 15) is 9.50 Å².